The van der Waals surface area contributed by atoms with Crippen molar-refractivity contribution in [3.05, 3.63) is 71.3 Å². The Morgan fingerprint density at radius 3 is 2.03 bits per heavy atom. The molecule has 7 heteroatoms. The molecule has 0 saturated heterocycles. The van der Waals surface area contributed by atoms with E-state index < -0.39 is 23.8 Å². The highest BCUT2D eigenvalue weighted by Crippen LogP contribution is 2.26. The number of carbonyl (C=O) groups is 4. The van der Waals surface area contributed by atoms with Crippen molar-refractivity contribution >= 4 is 23.6 Å². The minimum Gasteiger partial charge on any atom is -0.355 e. The molecule has 156 valence electrons. The summed E-state index contributed by atoms with van der Waals surface area (Å²) in [5.74, 6) is -1.69. The zero-order valence-electron chi connectivity index (χ0n) is 17.1. The number of imide groups is 1. The van der Waals surface area contributed by atoms with Crippen LogP contribution in [-0.2, 0) is 16.0 Å². The Hall–Kier alpha value is -3.48. The number of nitrogens with one attached hydrogen (secondary N) is 1. The molecule has 0 aliphatic carbocycles. The van der Waals surface area contributed by atoms with Gasteiger partial charge in [0.05, 0.1) is 17.7 Å². The van der Waals surface area contributed by atoms with Gasteiger partial charge in [-0.3, -0.25) is 24.1 Å². The zero-order valence-corrected chi connectivity index (χ0v) is 17.1. The van der Waals surface area contributed by atoms with Gasteiger partial charge in [-0.15, -0.1) is 0 Å². The van der Waals surface area contributed by atoms with Gasteiger partial charge in [0.2, 0.25) is 11.8 Å². The van der Waals surface area contributed by atoms with Crippen molar-refractivity contribution in [2.45, 2.75) is 26.3 Å². The first-order valence-corrected chi connectivity index (χ1v) is 10.0. The summed E-state index contributed by atoms with van der Waals surface area (Å²) in [6.45, 7) is 4.17. The third-order valence-corrected chi connectivity index (χ3v) is 5.10. The van der Waals surface area contributed by atoms with Crippen LogP contribution < -0.4 is 5.32 Å². The van der Waals surface area contributed by atoms with Gasteiger partial charge < -0.3 is 10.2 Å². The van der Waals surface area contributed by atoms with Crippen LogP contribution in [0.25, 0.3) is 0 Å². The summed E-state index contributed by atoms with van der Waals surface area (Å²) >= 11 is 0. The van der Waals surface area contributed by atoms with Crippen LogP contribution in [0.15, 0.2) is 54.6 Å². The van der Waals surface area contributed by atoms with Gasteiger partial charge in [0, 0.05) is 19.5 Å². The number of carbonyl (C=O) groups excluding carboxylic acids is 4. The highest BCUT2D eigenvalue weighted by molar-refractivity contribution is 6.22. The van der Waals surface area contributed by atoms with Crippen molar-refractivity contribution in [3.63, 3.8) is 0 Å². The number of amides is 4. The molecule has 1 atom stereocenters. The number of hydrogen-bond acceptors (Lipinski definition) is 4. The van der Waals surface area contributed by atoms with Gasteiger partial charge in [0.25, 0.3) is 11.8 Å². The van der Waals surface area contributed by atoms with Gasteiger partial charge in [-0.1, -0.05) is 42.5 Å². The minimum absolute atomic E-state index is 0.127. The molecule has 0 bridgehead atoms. The van der Waals surface area contributed by atoms with Crippen molar-refractivity contribution in [1.82, 2.24) is 15.1 Å². The van der Waals surface area contributed by atoms with Crippen LogP contribution in [-0.4, -0.2) is 59.1 Å². The molecule has 2 aromatic rings. The van der Waals surface area contributed by atoms with E-state index in [1.807, 2.05) is 30.3 Å². The largest absolute Gasteiger partial charge is 0.355 e. The van der Waals surface area contributed by atoms with E-state index >= 15 is 0 Å². The molecule has 0 aromatic heterocycles. The molecule has 1 heterocycles. The molecule has 0 fully saturated rings. The van der Waals surface area contributed by atoms with Crippen molar-refractivity contribution in [2.24, 2.45) is 0 Å². The first-order valence-electron chi connectivity index (χ1n) is 10.0. The molecule has 2 aromatic carbocycles. The van der Waals surface area contributed by atoms with Gasteiger partial charge in [-0.25, -0.2) is 0 Å². The van der Waals surface area contributed by atoms with E-state index in [0.717, 1.165) is 10.5 Å². The Bertz CT molecular complexity index is 923. The molecule has 3 rings (SSSR count). The molecule has 0 radical (unpaired) electrons. The quantitative estimate of drug-likeness (QED) is 0.677. The second-order valence-corrected chi connectivity index (χ2v) is 7.04. The van der Waals surface area contributed by atoms with E-state index in [2.05, 4.69) is 5.32 Å². The molecule has 1 N–H and O–H groups in total. The summed E-state index contributed by atoms with van der Waals surface area (Å²) in [5, 5.41) is 2.67. The monoisotopic (exact) mass is 407 g/mol. The summed E-state index contributed by atoms with van der Waals surface area (Å²) in [5.41, 5.74) is 1.40. The Balaban J connectivity index is 1.95. The van der Waals surface area contributed by atoms with Crippen molar-refractivity contribution in [3.8, 4) is 0 Å². The minimum atomic E-state index is -1.03. The molecule has 0 spiro atoms. The molecule has 0 saturated carbocycles. The maximum absolute atomic E-state index is 13.4. The lowest BCUT2D eigenvalue weighted by Gasteiger charge is -2.30. The summed E-state index contributed by atoms with van der Waals surface area (Å²) < 4.78 is 0. The topological polar surface area (TPSA) is 86.8 Å². The average molecular weight is 407 g/mol. The van der Waals surface area contributed by atoms with Crippen LogP contribution in [0.5, 0.6) is 0 Å². The third kappa shape index (κ3) is 4.25. The van der Waals surface area contributed by atoms with Crippen molar-refractivity contribution in [2.75, 3.05) is 19.6 Å². The number of hydrogen-bond donors (Lipinski definition) is 1. The maximum Gasteiger partial charge on any atom is 0.262 e. The molecule has 4 amide bonds. The Morgan fingerprint density at radius 2 is 1.50 bits per heavy atom. The zero-order chi connectivity index (χ0) is 21.7. The lowest BCUT2D eigenvalue weighted by molar-refractivity contribution is -0.139. The first kappa shape index (κ1) is 21.2. The van der Waals surface area contributed by atoms with Crippen LogP contribution in [0, 0.1) is 0 Å². The average Bonchev–Trinajstić information content (AvgIpc) is 3.01. The SMILES string of the molecule is CCNC(=O)CN(CC)C(=O)C(Cc1ccccc1)N1C(=O)c2ccccc2C1=O. The van der Waals surface area contributed by atoms with E-state index in [4.69, 9.17) is 0 Å². The summed E-state index contributed by atoms with van der Waals surface area (Å²) in [6.07, 6.45) is 0.178. The van der Waals surface area contributed by atoms with Crippen LogP contribution in [0.3, 0.4) is 0 Å². The lowest BCUT2D eigenvalue weighted by atomic mass is 10.0. The smallest absolute Gasteiger partial charge is 0.262 e. The third-order valence-electron chi connectivity index (χ3n) is 5.10. The van der Waals surface area contributed by atoms with E-state index in [0.29, 0.717) is 17.7 Å². The maximum atomic E-state index is 13.4. The van der Waals surface area contributed by atoms with E-state index in [9.17, 15) is 19.2 Å². The fourth-order valence-corrected chi connectivity index (χ4v) is 3.60. The number of nitrogens with zero attached hydrogens (tertiary/aromatic N) is 2. The standard InChI is InChI=1S/C23H25N3O4/c1-3-24-20(27)15-25(4-2)23(30)19(14-16-10-6-5-7-11-16)26-21(28)17-12-8-9-13-18(17)22(26)29/h5-13,19H,3-4,14-15H2,1-2H3,(H,24,27). The lowest BCUT2D eigenvalue weighted by Crippen LogP contribution is -2.53. The number of likely N-dealkylation sites (N-methyl/N-ethyl adjacent to an activating group) is 2. The normalized spacial score (nSPS) is 13.7. The van der Waals surface area contributed by atoms with Crippen LogP contribution >= 0.6 is 0 Å². The molecule has 30 heavy (non-hydrogen) atoms. The number of fused-ring (bicyclic) bond motifs is 1. The Kier molecular flexibility index (Phi) is 6.61. The van der Waals surface area contributed by atoms with Crippen molar-refractivity contribution < 1.29 is 19.2 Å². The van der Waals surface area contributed by atoms with E-state index in [1.165, 1.54) is 4.90 Å². The van der Waals surface area contributed by atoms with E-state index in [1.54, 1.807) is 38.1 Å². The number of rotatable bonds is 8. The van der Waals surface area contributed by atoms with Gasteiger partial charge in [-0.2, -0.15) is 0 Å². The highest BCUT2D eigenvalue weighted by atomic mass is 16.2. The van der Waals surface area contributed by atoms with Gasteiger partial charge >= 0.3 is 0 Å². The van der Waals surface area contributed by atoms with Gasteiger partial charge in [-0.05, 0) is 31.5 Å². The fraction of sp³-hybridized carbons (Fsp3) is 0.304. The van der Waals surface area contributed by atoms with Crippen molar-refractivity contribution in [1.29, 1.82) is 0 Å². The molecule has 1 aliphatic rings. The van der Waals surface area contributed by atoms with Crippen LogP contribution in [0.1, 0.15) is 40.1 Å². The fourth-order valence-electron chi connectivity index (χ4n) is 3.60. The molecule has 1 unspecified atom stereocenters. The Labute approximate surface area is 175 Å². The predicted molar refractivity (Wildman–Crippen MR) is 112 cm³/mol. The van der Waals surface area contributed by atoms with E-state index in [-0.39, 0.29) is 25.4 Å². The summed E-state index contributed by atoms with van der Waals surface area (Å²) in [4.78, 5) is 54.0. The molecule has 7 nitrogen and oxygen atoms in total. The second kappa shape index (κ2) is 9.35. The second-order valence-electron chi connectivity index (χ2n) is 7.04. The summed E-state index contributed by atoms with van der Waals surface area (Å²) in [7, 11) is 0. The molecular formula is C23H25N3O4. The van der Waals surface area contributed by atoms with Gasteiger partial charge in [0.15, 0.2) is 0 Å². The molecular weight excluding hydrogens is 382 g/mol. The highest BCUT2D eigenvalue weighted by Gasteiger charge is 2.43. The first-order chi connectivity index (χ1) is 14.5. The predicted octanol–water partition coefficient (Wildman–Crippen LogP) is 1.88. The van der Waals surface area contributed by atoms with Crippen LogP contribution in [0.2, 0.25) is 0 Å². The summed E-state index contributed by atoms with van der Waals surface area (Å²) in [6, 6.07) is 14.8. The Morgan fingerprint density at radius 1 is 0.933 bits per heavy atom. The van der Waals surface area contributed by atoms with Crippen LogP contribution in [0.4, 0.5) is 0 Å². The molecule has 1 aliphatic heterocycles. The van der Waals surface area contributed by atoms with Gasteiger partial charge in [0.1, 0.15) is 6.04 Å². The number of benzene rings is 2.